The molecule has 0 aliphatic carbocycles. The van der Waals surface area contributed by atoms with Crippen LogP contribution in [0.2, 0.25) is 0 Å². The molecule has 8 heteroatoms. The van der Waals surface area contributed by atoms with Crippen LogP contribution in [0.3, 0.4) is 0 Å². The summed E-state index contributed by atoms with van der Waals surface area (Å²) in [4.78, 5) is 11.1. The van der Waals surface area contributed by atoms with E-state index < -0.39 is 27.1 Å². The number of carbonyl (C=O) groups is 1. The normalized spacial score (nSPS) is 20.6. The van der Waals surface area contributed by atoms with Crippen molar-refractivity contribution >= 4 is 27.8 Å². The van der Waals surface area contributed by atoms with Crippen LogP contribution in [0.4, 0.5) is 4.39 Å². The molecule has 1 aliphatic rings. The molecule has 0 aromatic heterocycles. The van der Waals surface area contributed by atoms with E-state index >= 15 is 0 Å². The van der Waals surface area contributed by atoms with Crippen molar-refractivity contribution in [3.05, 3.63) is 30.1 Å². The first-order valence-corrected chi connectivity index (χ1v) is 8.40. The van der Waals surface area contributed by atoms with Crippen molar-refractivity contribution in [3.8, 4) is 0 Å². The van der Waals surface area contributed by atoms with Gasteiger partial charge in [0, 0.05) is 18.8 Å². The van der Waals surface area contributed by atoms with Crippen molar-refractivity contribution in [3.63, 3.8) is 0 Å². The standard InChI is InChI=1S/C12H14FNO4S2/c1-18-12(15)10-8-14(6-7-19-10)20(16,17)11-5-3-2-4-9(11)13/h2-5,10H,6-8H2,1H3/t10-/m0/s1. The second-order valence-electron chi connectivity index (χ2n) is 4.18. The number of carbonyl (C=O) groups excluding carboxylic acids is 1. The second kappa shape index (κ2) is 6.11. The Bertz CT molecular complexity index is 605. The Morgan fingerprint density at radius 3 is 2.80 bits per heavy atom. The van der Waals surface area contributed by atoms with Crippen LogP contribution in [0, 0.1) is 5.82 Å². The third-order valence-corrected chi connectivity index (χ3v) is 6.01. The minimum absolute atomic E-state index is 0.00594. The van der Waals surface area contributed by atoms with Crippen molar-refractivity contribution in [2.24, 2.45) is 0 Å². The van der Waals surface area contributed by atoms with E-state index in [0.29, 0.717) is 5.75 Å². The van der Waals surface area contributed by atoms with Crippen LogP contribution in [-0.4, -0.2) is 49.9 Å². The minimum atomic E-state index is -3.93. The van der Waals surface area contributed by atoms with E-state index in [4.69, 9.17) is 0 Å². The van der Waals surface area contributed by atoms with E-state index in [1.54, 1.807) is 0 Å². The second-order valence-corrected chi connectivity index (χ2v) is 7.39. The number of benzene rings is 1. The first-order chi connectivity index (χ1) is 9.46. The summed E-state index contributed by atoms with van der Waals surface area (Å²) in [5.74, 6) is -0.795. The fourth-order valence-electron chi connectivity index (χ4n) is 1.91. The van der Waals surface area contributed by atoms with Gasteiger partial charge in [0.15, 0.2) is 0 Å². The van der Waals surface area contributed by atoms with Gasteiger partial charge >= 0.3 is 5.97 Å². The van der Waals surface area contributed by atoms with Crippen LogP contribution in [0.1, 0.15) is 0 Å². The smallest absolute Gasteiger partial charge is 0.320 e. The quantitative estimate of drug-likeness (QED) is 0.781. The molecular weight excluding hydrogens is 305 g/mol. The Balaban J connectivity index is 2.26. The predicted octanol–water partition coefficient (Wildman–Crippen LogP) is 1.10. The van der Waals surface area contributed by atoms with Crippen LogP contribution >= 0.6 is 11.8 Å². The summed E-state index contributed by atoms with van der Waals surface area (Å²) in [5.41, 5.74) is 0. The molecule has 0 radical (unpaired) electrons. The molecule has 0 saturated carbocycles. The number of rotatable bonds is 3. The molecule has 1 fully saturated rings. The third-order valence-electron chi connectivity index (χ3n) is 2.95. The zero-order chi connectivity index (χ0) is 14.8. The Morgan fingerprint density at radius 1 is 1.45 bits per heavy atom. The van der Waals surface area contributed by atoms with E-state index in [2.05, 4.69) is 4.74 Å². The Morgan fingerprint density at radius 2 is 2.15 bits per heavy atom. The maximum atomic E-state index is 13.7. The molecule has 20 heavy (non-hydrogen) atoms. The number of sulfonamides is 1. The lowest BCUT2D eigenvalue weighted by Gasteiger charge is -2.30. The topological polar surface area (TPSA) is 63.7 Å². The van der Waals surface area contributed by atoms with Gasteiger partial charge in [0.05, 0.1) is 7.11 Å². The average Bonchev–Trinajstić information content (AvgIpc) is 2.47. The van der Waals surface area contributed by atoms with Crippen molar-refractivity contribution in [1.82, 2.24) is 4.31 Å². The van der Waals surface area contributed by atoms with Gasteiger partial charge in [-0.3, -0.25) is 4.79 Å². The third kappa shape index (κ3) is 2.97. The van der Waals surface area contributed by atoms with Crippen LogP contribution < -0.4 is 0 Å². The molecule has 0 bridgehead atoms. The van der Waals surface area contributed by atoms with Gasteiger partial charge in [0.1, 0.15) is 16.0 Å². The summed E-state index contributed by atoms with van der Waals surface area (Å²) in [6, 6.07) is 5.22. The van der Waals surface area contributed by atoms with Gasteiger partial charge in [-0.25, -0.2) is 12.8 Å². The zero-order valence-electron chi connectivity index (χ0n) is 10.8. The van der Waals surface area contributed by atoms with Gasteiger partial charge in [-0.15, -0.1) is 11.8 Å². The Hall–Kier alpha value is -1.12. The Labute approximate surface area is 121 Å². The van der Waals surface area contributed by atoms with Gasteiger partial charge in [-0.05, 0) is 12.1 Å². The van der Waals surface area contributed by atoms with E-state index in [1.165, 1.54) is 37.1 Å². The maximum absolute atomic E-state index is 13.7. The number of hydrogen-bond acceptors (Lipinski definition) is 5. The Kier molecular flexibility index (Phi) is 4.66. The lowest BCUT2D eigenvalue weighted by molar-refractivity contribution is -0.140. The van der Waals surface area contributed by atoms with E-state index in [9.17, 15) is 17.6 Å². The molecule has 110 valence electrons. The molecule has 0 unspecified atom stereocenters. The molecule has 0 N–H and O–H groups in total. The molecule has 1 atom stereocenters. The number of hydrogen-bond donors (Lipinski definition) is 0. The SMILES string of the molecule is COC(=O)[C@@H]1CN(S(=O)(=O)c2ccccc2F)CCS1. The van der Waals surface area contributed by atoms with Crippen molar-refractivity contribution in [1.29, 1.82) is 0 Å². The molecule has 0 spiro atoms. The molecule has 1 aromatic rings. The van der Waals surface area contributed by atoms with Gasteiger partial charge in [-0.2, -0.15) is 4.31 Å². The summed E-state index contributed by atoms with van der Waals surface area (Å²) in [6.45, 7) is 0.239. The zero-order valence-corrected chi connectivity index (χ0v) is 12.4. The maximum Gasteiger partial charge on any atom is 0.320 e. The number of esters is 1. The average molecular weight is 319 g/mol. The van der Waals surface area contributed by atoms with Gasteiger partial charge in [0.2, 0.25) is 10.0 Å². The first kappa shape index (κ1) is 15.3. The van der Waals surface area contributed by atoms with Crippen LogP contribution in [0.25, 0.3) is 0 Å². The highest BCUT2D eigenvalue weighted by Gasteiger charge is 2.35. The van der Waals surface area contributed by atoms with Gasteiger partial charge in [-0.1, -0.05) is 12.1 Å². The summed E-state index contributed by atoms with van der Waals surface area (Å²) in [6.07, 6.45) is 0. The fourth-order valence-corrected chi connectivity index (χ4v) is 4.77. The molecule has 1 aromatic carbocycles. The van der Waals surface area contributed by atoms with Gasteiger partial charge < -0.3 is 4.74 Å². The molecule has 1 aliphatic heterocycles. The van der Waals surface area contributed by atoms with Crippen LogP contribution in [-0.2, 0) is 19.6 Å². The summed E-state index contributed by atoms with van der Waals surface area (Å²) in [7, 11) is -2.67. The van der Waals surface area contributed by atoms with Gasteiger partial charge in [0.25, 0.3) is 0 Å². The molecule has 0 amide bonds. The summed E-state index contributed by atoms with van der Waals surface area (Å²) >= 11 is 1.34. The molecular formula is C12H14FNO4S2. The predicted molar refractivity (Wildman–Crippen MR) is 73.4 cm³/mol. The van der Waals surface area contributed by atoms with Crippen LogP contribution in [0.15, 0.2) is 29.2 Å². The largest absolute Gasteiger partial charge is 0.468 e. The monoisotopic (exact) mass is 319 g/mol. The summed E-state index contributed by atoms with van der Waals surface area (Å²) < 4.78 is 44.2. The number of methoxy groups -OCH3 is 1. The minimum Gasteiger partial charge on any atom is -0.468 e. The van der Waals surface area contributed by atoms with Crippen molar-refractivity contribution in [2.75, 3.05) is 26.0 Å². The fraction of sp³-hybridized carbons (Fsp3) is 0.417. The highest BCUT2D eigenvalue weighted by molar-refractivity contribution is 8.00. The number of nitrogens with zero attached hydrogens (tertiary/aromatic N) is 1. The van der Waals surface area contributed by atoms with Crippen molar-refractivity contribution in [2.45, 2.75) is 10.1 Å². The molecule has 5 nitrogen and oxygen atoms in total. The van der Waals surface area contributed by atoms with E-state index in [1.807, 2.05) is 0 Å². The lowest BCUT2D eigenvalue weighted by atomic mass is 10.3. The number of thioether (sulfide) groups is 1. The van der Waals surface area contributed by atoms with E-state index in [-0.39, 0.29) is 18.0 Å². The molecule has 1 saturated heterocycles. The lowest BCUT2D eigenvalue weighted by Crippen LogP contribution is -2.45. The molecule has 1 heterocycles. The first-order valence-electron chi connectivity index (χ1n) is 5.91. The number of halogens is 1. The van der Waals surface area contributed by atoms with E-state index in [0.717, 1.165) is 10.4 Å². The highest BCUT2D eigenvalue weighted by atomic mass is 32.2. The summed E-state index contributed by atoms with van der Waals surface area (Å²) in [5, 5.41) is -0.574. The number of ether oxygens (including phenoxy) is 1. The molecule has 2 rings (SSSR count). The van der Waals surface area contributed by atoms with Crippen LogP contribution in [0.5, 0.6) is 0 Å². The highest BCUT2D eigenvalue weighted by Crippen LogP contribution is 2.26. The van der Waals surface area contributed by atoms with Crippen molar-refractivity contribution < 1.29 is 22.3 Å².